The zero-order valence-electron chi connectivity index (χ0n) is 14.1. The summed E-state index contributed by atoms with van der Waals surface area (Å²) in [5.41, 5.74) is 1.87. The Bertz CT molecular complexity index is 610. The van der Waals surface area contributed by atoms with Crippen LogP contribution in [0, 0.1) is 17.2 Å². The highest BCUT2D eigenvalue weighted by Crippen LogP contribution is 2.29. The molecule has 1 heterocycles. The van der Waals surface area contributed by atoms with Crippen LogP contribution in [0.15, 0.2) is 24.3 Å². The van der Waals surface area contributed by atoms with E-state index in [1.807, 2.05) is 24.3 Å². The predicted octanol–water partition coefficient (Wildman–Crippen LogP) is 1.97. The first-order valence-electron chi connectivity index (χ1n) is 8.81. The molecule has 5 nitrogen and oxygen atoms in total. The van der Waals surface area contributed by atoms with E-state index in [1.54, 1.807) is 0 Å². The second-order valence-electron chi connectivity index (χ2n) is 7.01. The van der Waals surface area contributed by atoms with E-state index < -0.39 is 6.10 Å². The van der Waals surface area contributed by atoms with Gasteiger partial charge in [-0.05, 0) is 69.3 Å². The Hall–Kier alpha value is -1.90. The first-order chi connectivity index (χ1) is 11.6. The van der Waals surface area contributed by atoms with E-state index in [9.17, 15) is 9.90 Å². The molecule has 5 heteroatoms. The fraction of sp³-hybridized carbons (Fsp3) is 0.579. The van der Waals surface area contributed by atoms with Crippen molar-refractivity contribution in [3.8, 4) is 6.07 Å². The van der Waals surface area contributed by atoms with Crippen molar-refractivity contribution in [2.75, 3.05) is 13.1 Å². The van der Waals surface area contributed by atoms with Gasteiger partial charge in [0.15, 0.2) is 0 Å². The van der Waals surface area contributed by atoms with Crippen LogP contribution in [-0.4, -0.2) is 41.1 Å². The highest BCUT2D eigenvalue weighted by atomic mass is 16.3. The van der Waals surface area contributed by atoms with Gasteiger partial charge in [-0.3, -0.25) is 9.69 Å². The summed E-state index contributed by atoms with van der Waals surface area (Å²) in [6.45, 7) is 3.91. The monoisotopic (exact) mass is 327 g/mol. The van der Waals surface area contributed by atoms with Gasteiger partial charge in [0.1, 0.15) is 6.10 Å². The highest BCUT2D eigenvalue weighted by molar-refractivity contribution is 5.81. The highest BCUT2D eigenvalue weighted by Gasteiger charge is 2.33. The van der Waals surface area contributed by atoms with Crippen LogP contribution in [0.4, 0.5) is 0 Å². The largest absolute Gasteiger partial charge is 0.383 e. The van der Waals surface area contributed by atoms with Gasteiger partial charge >= 0.3 is 0 Å². The van der Waals surface area contributed by atoms with Gasteiger partial charge in [0, 0.05) is 12.1 Å². The topological polar surface area (TPSA) is 76.4 Å². The summed E-state index contributed by atoms with van der Waals surface area (Å²) in [5.74, 6) is -0.149. The minimum atomic E-state index is -0.877. The van der Waals surface area contributed by atoms with Gasteiger partial charge in [0.05, 0.1) is 11.6 Å². The third kappa shape index (κ3) is 3.95. The molecule has 0 aromatic heterocycles. The van der Waals surface area contributed by atoms with E-state index in [4.69, 9.17) is 5.26 Å². The number of aliphatic hydroxyl groups excluding tert-OH is 1. The van der Waals surface area contributed by atoms with Gasteiger partial charge in [0.25, 0.3) is 0 Å². The molecule has 1 aromatic rings. The maximum atomic E-state index is 12.0. The Balaban J connectivity index is 1.51. The van der Waals surface area contributed by atoms with E-state index in [-0.39, 0.29) is 17.9 Å². The van der Waals surface area contributed by atoms with Gasteiger partial charge in [-0.25, -0.2) is 0 Å². The Morgan fingerprint density at radius 1 is 1.25 bits per heavy atom. The average molecular weight is 327 g/mol. The minimum absolute atomic E-state index is 0.0492. The number of nitriles is 1. The van der Waals surface area contributed by atoms with Crippen molar-refractivity contribution in [3.05, 3.63) is 35.4 Å². The van der Waals surface area contributed by atoms with Crippen molar-refractivity contribution in [3.63, 3.8) is 0 Å². The summed E-state index contributed by atoms with van der Waals surface area (Å²) in [6, 6.07) is 10.4. The number of hydrogen-bond acceptors (Lipinski definition) is 4. The fourth-order valence-electron chi connectivity index (χ4n) is 3.40. The predicted molar refractivity (Wildman–Crippen MR) is 91.0 cm³/mol. The molecular weight excluding hydrogens is 302 g/mol. The molecule has 0 bridgehead atoms. The Morgan fingerprint density at radius 2 is 1.88 bits per heavy atom. The lowest BCUT2D eigenvalue weighted by molar-refractivity contribution is -0.133. The Labute approximate surface area is 143 Å². The standard InChI is InChI=1S/C19H25N3O2/c1-13(15-4-2-14(12-20)3-5-15)22-10-8-16(9-11-22)18(23)19(24)21-17-6-7-17/h2-5,13,16-18,23H,6-11H2,1H3,(H,21,24)/t13-,18+/m1/s1. The number of nitrogens with zero attached hydrogens (tertiary/aromatic N) is 2. The Morgan fingerprint density at radius 3 is 2.42 bits per heavy atom. The number of hydrogen-bond donors (Lipinski definition) is 2. The molecule has 0 unspecified atom stereocenters. The third-order valence-corrected chi connectivity index (χ3v) is 5.28. The molecule has 1 aliphatic heterocycles. The lowest BCUT2D eigenvalue weighted by Gasteiger charge is -2.37. The molecule has 2 atom stereocenters. The number of benzene rings is 1. The number of carbonyl (C=O) groups excluding carboxylic acids is 1. The average Bonchev–Trinajstić information content (AvgIpc) is 3.44. The van der Waals surface area contributed by atoms with Gasteiger partial charge < -0.3 is 10.4 Å². The lowest BCUT2D eigenvalue weighted by atomic mass is 9.89. The van der Waals surface area contributed by atoms with Gasteiger partial charge in [-0.2, -0.15) is 5.26 Å². The number of aliphatic hydroxyl groups is 1. The van der Waals surface area contributed by atoms with E-state index in [1.165, 1.54) is 5.56 Å². The third-order valence-electron chi connectivity index (χ3n) is 5.28. The van der Waals surface area contributed by atoms with Crippen molar-refractivity contribution >= 4 is 5.91 Å². The molecule has 0 radical (unpaired) electrons. The van der Waals surface area contributed by atoms with Crippen molar-refractivity contribution in [1.29, 1.82) is 5.26 Å². The lowest BCUT2D eigenvalue weighted by Crippen LogP contribution is -2.45. The van der Waals surface area contributed by atoms with Crippen LogP contribution in [-0.2, 0) is 4.79 Å². The maximum absolute atomic E-state index is 12.0. The fourth-order valence-corrected chi connectivity index (χ4v) is 3.40. The van der Waals surface area contributed by atoms with Gasteiger partial charge in [-0.1, -0.05) is 12.1 Å². The number of rotatable bonds is 5. The number of piperidine rings is 1. The molecule has 24 heavy (non-hydrogen) atoms. The molecule has 128 valence electrons. The second-order valence-corrected chi connectivity index (χ2v) is 7.01. The smallest absolute Gasteiger partial charge is 0.249 e. The zero-order chi connectivity index (χ0) is 17.1. The first-order valence-corrected chi connectivity index (χ1v) is 8.81. The maximum Gasteiger partial charge on any atom is 0.249 e. The first kappa shape index (κ1) is 16.9. The number of nitrogens with one attached hydrogen (secondary N) is 1. The van der Waals surface area contributed by atoms with Crippen molar-refractivity contribution in [2.45, 2.75) is 50.8 Å². The van der Waals surface area contributed by atoms with Crippen molar-refractivity contribution in [2.24, 2.45) is 5.92 Å². The van der Waals surface area contributed by atoms with Crippen LogP contribution in [0.25, 0.3) is 0 Å². The van der Waals surface area contributed by atoms with Crippen LogP contribution in [0.2, 0.25) is 0 Å². The van der Waals surface area contributed by atoms with Gasteiger partial charge in [0.2, 0.25) is 5.91 Å². The van der Waals surface area contributed by atoms with E-state index in [2.05, 4.69) is 23.2 Å². The van der Waals surface area contributed by atoms with Crippen LogP contribution >= 0.6 is 0 Å². The summed E-state index contributed by atoms with van der Waals surface area (Å²) in [7, 11) is 0. The molecule has 2 aliphatic rings. The summed E-state index contributed by atoms with van der Waals surface area (Å²) in [5, 5.41) is 22.0. The molecule has 1 amide bonds. The SMILES string of the molecule is C[C@H](c1ccc(C#N)cc1)N1CCC([C@H](O)C(=O)NC2CC2)CC1. The molecule has 1 aliphatic carbocycles. The molecule has 1 saturated heterocycles. The second kappa shape index (κ2) is 7.33. The summed E-state index contributed by atoms with van der Waals surface area (Å²) in [4.78, 5) is 14.4. The number of amides is 1. The Kier molecular flexibility index (Phi) is 5.17. The molecule has 1 aromatic carbocycles. The quantitative estimate of drug-likeness (QED) is 0.867. The summed E-state index contributed by atoms with van der Waals surface area (Å²) < 4.78 is 0. The van der Waals surface area contributed by atoms with Crippen LogP contribution in [0.5, 0.6) is 0 Å². The summed E-state index contributed by atoms with van der Waals surface area (Å²) in [6.07, 6.45) is 2.87. The van der Waals surface area contributed by atoms with Crippen molar-refractivity contribution < 1.29 is 9.90 Å². The summed E-state index contributed by atoms with van der Waals surface area (Å²) >= 11 is 0. The molecular formula is C19H25N3O2. The zero-order valence-corrected chi connectivity index (χ0v) is 14.1. The molecule has 0 spiro atoms. The van der Waals surface area contributed by atoms with Crippen LogP contribution in [0.3, 0.4) is 0 Å². The van der Waals surface area contributed by atoms with Gasteiger partial charge in [-0.15, -0.1) is 0 Å². The van der Waals surface area contributed by atoms with Crippen LogP contribution in [0.1, 0.15) is 49.8 Å². The molecule has 2 N–H and O–H groups in total. The number of carbonyl (C=O) groups is 1. The normalized spacial score (nSPS) is 21.7. The number of likely N-dealkylation sites (tertiary alicyclic amines) is 1. The van der Waals surface area contributed by atoms with E-state index in [0.29, 0.717) is 11.6 Å². The van der Waals surface area contributed by atoms with E-state index >= 15 is 0 Å². The van der Waals surface area contributed by atoms with Crippen molar-refractivity contribution in [1.82, 2.24) is 10.2 Å². The van der Waals surface area contributed by atoms with Crippen LogP contribution < -0.4 is 5.32 Å². The molecule has 2 fully saturated rings. The molecule has 3 rings (SSSR count). The van der Waals surface area contributed by atoms with E-state index in [0.717, 1.165) is 38.8 Å². The molecule has 1 saturated carbocycles. The minimum Gasteiger partial charge on any atom is -0.383 e.